The van der Waals surface area contributed by atoms with Crippen LogP contribution in [0.15, 0.2) is 47.1 Å². The number of allylic oxidation sites excluding steroid dienone is 1. The molecule has 1 aromatic carbocycles. The molecule has 0 saturated heterocycles. The van der Waals surface area contributed by atoms with Crippen molar-refractivity contribution in [2.75, 3.05) is 0 Å². The molecule has 0 bridgehead atoms. The van der Waals surface area contributed by atoms with E-state index in [4.69, 9.17) is 9.51 Å². The van der Waals surface area contributed by atoms with Gasteiger partial charge >= 0.3 is 0 Å². The summed E-state index contributed by atoms with van der Waals surface area (Å²) in [5, 5.41) is 5.57. The molecule has 1 fully saturated rings. The summed E-state index contributed by atoms with van der Waals surface area (Å²) < 4.78 is 7.79. The van der Waals surface area contributed by atoms with Gasteiger partial charge in [-0.1, -0.05) is 42.4 Å². The van der Waals surface area contributed by atoms with Crippen molar-refractivity contribution in [1.29, 1.82) is 0 Å². The number of quaternary nitrogens is 1. The predicted molar refractivity (Wildman–Crippen MR) is 111 cm³/mol. The average molecular weight is 380 g/mol. The van der Waals surface area contributed by atoms with Crippen molar-refractivity contribution in [3.63, 3.8) is 0 Å². The Hall–Kier alpha value is -2.40. The summed E-state index contributed by atoms with van der Waals surface area (Å²) in [4.78, 5) is 4.73. The molecule has 1 saturated carbocycles. The van der Waals surface area contributed by atoms with Gasteiger partial charge in [0.1, 0.15) is 0 Å². The highest BCUT2D eigenvalue weighted by atomic mass is 16.5. The van der Waals surface area contributed by atoms with Crippen LogP contribution in [0.5, 0.6) is 0 Å². The number of rotatable bonds is 6. The van der Waals surface area contributed by atoms with Gasteiger partial charge in [-0.2, -0.15) is 4.98 Å². The zero-order valence-electron chi connectivity index (χ0n) is 17.1. The summed E-state index contributed by atoms with van der Waals surface area (Å²) in [5.74, 6) is 1.46. The summed E-state index contributed by atoms with van der Waals surface area (Å²) in [7, 11) is 2.08. The van der Waals surface area contributed by atoms with E-state index >= 15 is 0 Å². The van der Waals surface area contributed by atoms with Gasteiger partial charge in [-0.3, -0.25) is 0 Å². The highest BCUT2D eigenvalue weighted by Crippen LogP contribution is 2.43. The van der Waals surface area contributed by atoms with Gasteiger partial charge in [-0.05, 0) is 49.1 Å². The first-order chi connectivity index (χ1) is 13.5. The van der Waals surface area contributed by atoms with Crippen LogP contribution in [0.25, 0.3) is 10.9 Å². The number of para-hydroxylation sites is 1. The molecule has 28 heavy (non-hydrogen) atoms. The van der Waals surface area contributed by atoms with Crippen LogP contribution in [0, 0.1) is 5.41 Å². The fourth-order valence-electron chi connectivity index (χ4n) is 4.78. The monoisotopic (exact) mass is 379 g/mol. The molecule has 2 atom stereocenters. The number of aryl methyl sites for hydroxylation is 1. The molecule has 3 aromatic rings. The van der Waals surface area contributed by atoms with Crippen LogP contribution in [0.2, 0.25) is 0 Å². The zero-order chi connectivity index (χ0) is 19.7. The van der Waals surface area contributed by atoms with Crippen molar-refractivity contribution in [1.82, 2.24) is 14.7 Å². The van der Waals surface area contributed by atoms with Crippen LogP contribution in [0.3, 0.4) is 0 Å². The number of benzene rings is 1. The molecular formula is C23H31N4O+. The lowest BCUT2D eigenvalue weighted by molar-refractivity contribution is -0.431. The van der Waals surface area contributed by atoms with Gasteiger partial charge in [0, 0.05) is 37.0 Å². The molecule has 148 valence electrons. The number of hydrogen-bond donors (Lipinski definition) is 1. The number of nitrogens with zero attached hydrogens (tertiary/aromatic N) is 3. The van der Waals surface area contributed by atoms with Crippen molar-refractivity contribution < 1.29 is 10.3 Å². The van der Waals surface area contributed by atoms with Gasteiger partial charge in [0.05, 0.1) is 0 Å². The maximum atomic E-state index is 5.62. The smallest absolute Gasteiger partial charge is 0.285 e. The molecule has 0 amide bonds. The third-order valence-corrected chi connectivity index (χ3v) is 6.42. The topological polar surface area (TPSA) is 71.5 Å². The Morgan fingerprint density at radius 1 is 1.36 bits per heavy atom. The quantitative estimate of drug-likeness (QED) is 0.654. The Bertz CT molecular complexity index is 986. The molecule has 2 unspecified atom stereocenters. The molecular weight excluding hydrogens is 348 g/mol. The van der Waals surface area contributed by atoms with Crippen LogP contribution in [-0.2, 0) is 19.9 Å². The molecule has 2 aromatic heterocycles. The van der Waals surface area contributed by atoms with E-state index in [1.54, 1.807) is 0 Å². The predicted octanol–water partition coefficient (Wildman–Crippen LogP) is 4.16. The van der Waals surface area contributed by atoms with Gasteiger partial charge < -0.3 is 14.8 Å². The first-order valence-electron chi connectivity index (χ1n) is 10.3. The summed E-state index contributed by atoms with van der Waals surface area (Å²) in [6.45, 7) is 6.50. The highest BCUT2D eigenvalue weighted by molar-refractivity contribution is 5.83. The van der Waals surface area contributed by atoms with Gasteiger partial charge in [-0.25, -0.2) is 0 Å². The minimum atomic E-state index is -0.0500. The second-order valence-electron chi connectivity index (χ2n) is 8.54. The van der Waals surface area contributed by atoms with Gasteiger partial charge in [-0.15, -0.1) is 0 Å². The molecule has 2 heterocycles. The van der Waals surface area contributed by atoms with Crippen molar-refractivity contribution in [2.45, 2.75) is 57.9 Å². The first kappa shape index (κ1) is 18.9. The largest absolute Gasteiger partial charge is 0.350 e. The number of aromatic nitrogens is 3. The summed E-state index contributed by atoms with van der Waals surface area (Å²) in [6.07, 6.45) is 9.64. The normalized spacial score (nSPS) is 21.3. The molecule has 5 nitrogen and oxygen atoms in total. The van der Waals surface area contributed by atoms with E-state index in [1.807, 2.05) is 0 Å². The SMILES string of the molecule is C=C1CCCC(CC)(Cc2noc(C([NH3+])Cc3cn(C)c4ccccc34)n2)C1. The van der Waals surface area contributed by atoms with Crippen LogP contribution in [0.1, 0.15) is 62.3 Å². The first-order valence-corrected chi connectivity index (χ1v) is 10.3. The van der Waals surface area contributed by atoms with E-state index in [1.165, 1.54) is 34.9 Å². The van der Waals surface area contributed by atoms with Crippen LogP contribution >= 0.6 is 0 Å². The molecule has 1 aliphatic carbocycles. The average Bonchev–Trinajstić information content (AvgIpc) is 3.27. The Morgan fingerprint density at radius 2 is 2.18 bits per heavy atom. The molecule has 1 aliphatic rings. The lowest BCUT2D eigenvalue weighted by Crippen LogP contribution is -2.54. The fourth-order valence-corrected chi connectivity index (χ4v) is 4.78. The number of hydrogen-bond acceptors (Lipinski definition) is 3. The summed E-state index contributed by atoms with van der Waals surface area (Å²) >= 11 is 0. The highest BCUT2D eigenvalue weighted by Gasteiger charge is 2.34. The third-order valence-electron chi connectivity index (χ3n) is 6.42. The van der Waals surface area contributed by atoms with Crippen molar-refractivity contribution >= 4 is 10.9 Å². The standard InChI is InChI=1S/C23H30N4O/c1-4-23(11-7-8-16(2)13-23)14-21-25-22(28-26-21)19(24)12-17-15-27(3)20-10-6-5-9-18(17)20/h5-6,9-10,15,19H,2,4,7-8,11-14,24H2,1,3H3/p+1. The minimum absolute atomic E-state index is 0.0500. The molecule has 5 heteroatoms. The van der Waals surface area contributed by atoms with Crippen molar-refractivity contribution in [2.24, 2.45) is 12.5 Å². The Kier molecular flexibility index (Phi) is 5.11. The van der Waals surface area contributed by atoms with Crippen LogP contribution in [0.4, 0.5) is 0 Å². The minimum Gasteiger partial charge on any atom is -0.350 e. The Balaban J connectivity index is 1.49. The molecule has 0 aliphatic heterocycles. The fraction of sp³-hybridized carbons (Fsp3) is 0.478. The second-order valence-corrected chi connectivity index (χ2v) is 8.54. The summed E-state index contributed by atoms with van der Waals surface area (Å²) in [5.41, 5.74) is 8.42. The molecule has 0 spiro atoms. The van der Waals surface area contributed by atoms with Crippen molar-refractivity contribution in [3.8, 4) is 0 Å². The van der Waals surface area contributed by atoms with Crippen LogP contribution in [-0.4, -0.2) is 14.7 Å². The van der Waals surface area contributed by atoms with Gasteiger partial charge in [0.2, 0.25) is 0 Å². The Labute approximate surface area is 166 Å². The van der Waals surface area contributed by atoms with E-state index < -0.39 is 0 Å². The van der Waals surface area contributed by atoms with E-state index in [0.29, 0.717) is 5.89 Å². The zero-order valence-corrected chi connectivity index (χ0v) is 17.1. The van der Waals surface area contributed by atoms with E-state index in [0.717, 1.165) is 37.9 Å². The van der Waals surface area contributed by atoms with Crippen LogP contribution < -0.4 is 5.73 Å². The third kappa shape index (κ3) is 3.63. The Morgan fingerprint density at radius 3 is 2.96 bits per heavy atom. The van der Waals surface area contributed by atoms with Crippen molar-refractivity contribution in [3.05, 3.63) is 59.9 Å². The maximum Gasteiger partial charge on any atom is 0.285 e. The lowest BCUT2D eigenvalue weighted by atomic mass is 9.68. The van der Waals surface area contributed by atoms with E-state index in [9.17, 15) is 0 Å². The molecule has 0 radical (unpaired) electrons. The summed E-state index contributed by atoms with van der Waals surface area (Å²) in [6, 6.07) is 8.41. The molecule has 4 rings (SSSR count). The second kappa shape index (κ2) is 7.55. The van der Waals surface area contributed by atoms with E-state index in [-0.39, 0.29) is 11.5 Å². The van der Waals surface area contributed by atoms with E-state index in [2.05, 4.69) is 66.5 Å². The number of fused-ring (bicyclic) bond motifs is 1. The molecule has 3 N–H and O–H groups in total. The van der Waals surface area contributed by atoms with Gasteiger partial charge in [0.25, 0.3) is 5.89 Å². The lowest BCUT2D eigenvalue weighted by Gasteiger charge is -2.36. The van der Waals surface area contributed by atoms with Gasteiger partial charge in [0.15, 0.2) is 11.9 Å². The maximum absolute atomic E-state index is 5.62.